The zero-order valence-corrected chi connectivity index (χ0v) is 14.6. The molecule has 1 N–H and O–H groups in total. The first-order valence-corrected chi connectivity index (χ1v) is 8.19. The summed E-state index contributed by atoms with van der Waals surface area (Å²) in [5.41, 5.74) is 1.57. The van der Waals surface area contributed by atoms with E-state index in [0.717, 1.165) is 0 Å². The van der Waals surface area contributed by atoms with E-state index in [1.54, 1.807) is 38.1 Å². The van der Waals surface area contributed by atoms with Crippen LogP contribution in [0.2, 0.25) is 0 Å². The van der Waals surface area contributed by atoms with Crippen LogP contribution < -0.4 is 5.32 Å². The molecular weight excluding hydrogens is 337 g/mol. The van der Waals surface area contributed by atoms with Crippen LogP contribution in [-0.2, 0) is 20.7 Å². The monoisotopic (exact) mass is 357 g/mol. The molecule has 0 spiro atoms. The summed E-state index contributed by atoms with van der Waals surface area (Å²) in [7, 11) is 0. The third-order valence-corrected chi connectivity index (χ3v) is 3.62. The number of ether oxygens (including phenoxy) is 1. The summed E-state index contributed by atoms with van der Waals surface area (Å²) in [4.78, 5) is 35.5. The number of nitrogens with one attached hydrogen (secondary N) is 1. The summed E-state index contributed by atoms with van der Waals surface area (Å²) in [5, 5.41) is 2.73. The van der Waals surface area contributed by atoms with Gasteiger partial charge in [0.1, 0.15) is 5.82 Å². The van der Waals surface area contributed by atoms with Crippen LogP contribution in [-0.4, -0.2) is 24.3 Å². The Kier molecular flexibility index (Phi) is 6.60. The van der Waals surface area contributed by atoms with Crippen LogP contribution in [0.15, 0.2) is 48.5 Å². The highest BCUT2D eigenvalue weighted by molar-refractivity contribution is 5.99. The van der Waals surface area contributed by atoms with Crippen molar-refractivity contribution in [3.8, 4) is 0 Å². The molecule has 2 rings (SSSR count). The first kappa shape index (κ1) is 19.3. The van der Waals surface area contributed by atoms with Crippen LogP contribution in [0.5, 0.6) is 0 Å². The number of carbonyl (C=O) groups is 3. The molecular formula is C20H20FNO4. The minimum absolute atomic E-state index is 0.0340. The molecule has 0 aliphatic carbocycles. The second kappa shape index (κ2) is 8.89. The van der Waals surface area contributed by atoms with Gasteiger partial charge in [-0.1, -0.05) is 26.0 Å². The number of ketones is 1. The number of amides is 1. The first-order valence-electron chi connectivity index (χ1n) is 8.19. The summed E-state index contributed by atoms with van der Waals surface area (Å²) in [5.74, 6) is -1.55. The molecule has 0 heterocycles. The summed E-state index contributed by atoms with van der Waals surface area (Å²) in [6, 6.07) is 11.9. The fourth-order valence-electron chi connectivity index (χ4n) is 2.08. The van der Waals surface area contributed by atoms with Gasteiger partial charge in [0.25, 0.3) is 0 Å². The van der Waals surface area contributed by atoms with Crippen LogP contribution in [0.3, 0.4) is 0 Å². The number of rotatable bonds is 7. The Hall–Kier alpha value is -3.02. The average molecular weight is 357 g/mol. The zero-order valence-electron chi connectivity index (χ0n) is 14.6. The fourth-order valence-corrected chi connectivity index (χ4v) is 2.08. The van der Waals surface area contributed by atoms with Crippen LogP contribution in [0.25, 0.3) is 0 Å². The van der Waals surface area contributed by atoms with E-state index in [0.29, 0.717) is 16.8 Å². The Morgan fingerprint density at radius 3 is 2.19 bits per heavy atom. The van der Waals surface area contributed by atoms with Gasteiger partial charge in [-0.2, -0.15) is 0 Å². The lowest BCUT2D eigenvalue weighted by molar-refractivity contribution is -0.141. The number of halogens is 1. The van der Waals surface area contributed by atoms with Crippen molar-refractivity contribution in [2.45, 2.75) is 20.3 Å². The van der Waals surface area contributed by atoms with Crippen molar-refractivity contribution in [1.29, 1.82) is 0 Å². The number of hydrogen-bond donors (Lipinski definition) is 1. The molecule has 0 saturated heterocycles. The zero-order chi connectivity index (χ0) is 19.1. The van der Waals surface area contributed by atoms with Crippen LogP contribution in [0, 0.1) is 11.7 Å². The lowest BCUT2D eigenvalue weighted by atomic mass is 10.1. The van der Waals surface area contributed by atoms with Crippen molar-refractivity contribution in [3.63, 3.8) is 0 Å². The Balaban J connectivity index is 1.84. The molecule has 2 aromatic carbocycles. The first-order chi connectivity index (χ1) is 12.3. The minimum Gasteiger partial charge on any atom is -0.457 e. The topological polar surface area (TPSA) is 72.5 Å². The summed E-state index contributed by atoms with van der Waals surface area (Å²) in [6.07, 6.45) is -0.0340. The molecule has 5 nitrogen and oxygen atoms in total. The van der Waals surface area contributed by atoms with Crippen molar-refractivity contribution in [2.75, 3.05) is 11.9 Å². The molecule has 0 fully saturated rings. The molecule has 1 amide bonds. The van der Waals surface area contributed by atoms with E-state index in [-0.39, 0.29) is 36.5 Å². The van der Waals surface area contributed by atoms with Gasteiger partial charge in [0, 0.05) is 17.2 Å². The molecule has 2 aromatic rings. The van der Waals surface area contributed by atoms with Gasteiger partial charge in [0.05, 0.1) is 6.42 Å². The van der Waals surface area contributed by atoms with Gasteiger partial charge in [0.2, 0.25) is 5.91 Å². The van der Waals surface area contributed by atoms with E-state index >= 15 is 0 Å². The molecule has 0 atom stereocenters. The van der Waals surface area contributed by atoms with E-state index in [9.17, 15) is 18.8 Å². The molecule has 0 radical (unpaired) electrons. The maximum absolute atomic E-state index is 12.8. The predicted molar refractivity (Wildman–Crippen MR) is 95.3 cm³/mol. The van der Waals surface area contributed by atoms with Crippen molar-refractivity contribution in [2.24, 2.45) is 5.92 Å². The van der Waals surface area contributed by atoms with Gasteiger partial charge in [-0.3, -0.25) is 14.4 Å². The summed E-state index contributed by atoms with van der Waals surface area (Å²) in [6.45, 7) is 3.19. The Morgan fingerprint density at radius 2 is 1.62 bits per heavy atom. The van der Waals surface area contributed by atoms with E-state index in [1.807, 2.05) is 0 Å². The number of anilines is 1. The second-order valence-electron chi connectivity index (χ2n) is 6.11. The Morgan fingerprint density at radius 1 is 1.00 bits per heavy atom. The standard InChI is InChI=1S/C20H20FNO4/c1-13(2)20(25)22-17-9-5-15(6-10-17)18(23)12-26-19(24)11-14-3-7-16(21)8-4-14/h3-10,13H,11-12H2,1-2H3,(H,22,25). The smallest absolute Gasteiger partial charge is 0.310 e. The highest BCUT2D eigenvalue weighted by atomic mass is 19.1. The van der Waals surface area contributed by atoms with Crippen molar-refractivity contribution >= 4 is 23.3 Å². The van der Waals surface area contributed by atoms with Gasteiger partial charge in [0.15, 0.2) is 12.4 Å². The molecule has 0 bridgehead atoms. The van der Waals surface area contributed by atoms with Gasteiger partial charge in [-0.05, 0) is 42.0 Å². The predicted octanol–water partition coefficient (Wildman–Crippen LogP) is 3.39. The highest BCUT2D eigenvalue weighted by Gasteiger charge is 2.12. The van der Waals surface area contributed by atoms with Gasteiger partial charge < -0.3 is 10.1 Å². The maximum atomic E-state index is 12.8. The SMILES string of the molecule is CC(C)C(=O)Nc1ccc(C(=O)COC(=O)Cc2ccc(F)cc2)cc1. The molecule has 136 valence electrons. The lowest BCUT2D eigenvalue weighted by Crippen LogP contribution is -2.18. The molecule has 0 saturated carbocycles. The van der Waals surface area contributed by atoms with Gasteiger partial charge >= 0.3 is 5.97 Å². The molecule has 0 aliphatic rings. The van der Waals surface area contributed by atoms with Crippen molar-refractivity contribution in [3.05, 3.63) is 65.5 Å². The number of esters is 1. The van der Waals surface area contributed by atoms with Crippen LogP contribution in [0.4, 0.5) is 10.1 Å². The Labute approximate surface area is 151 Å². The third-order valence-electron chi connectivity index (χ3n) is 3.62. The highest BCUT2D eigenvalue weighted by Crippen LogP contribution is 2.12. The number of carbonyl (C=O) groups excluding carboxylic acids is 3. The van der Waals surface area contributed by atoms with E-state index in [2.05, 4.69) is 5.32 Å². The summed E-state index contributed by atoms with van der Waals surface area (Å²) < 4.78 is 17.8. The Bertz CT molecular complexity index is 782. The molecule has 0 aliphatic heterocycles. The summed E-state index contributed by atoms with van der Waals surface area (Å²) >= 11 is 0. The quantitative estimate of drug-likeness (QED) is 0.609. The fraction of sp³-hybridized carbons (Fsp3) is 0.250. The van der Waals surface area contributed by atoms with Gasteiger partial charge in [-0.15, -0.1) is 0 Å². The second-order valence-corrected chi connectivity index (χ2v) is 6.11. The van der Waals surface area contributed by atoms with Crippen molar-refractivity contribution in [1.82, 2.24) is 0 Å². The van der Waals surface area contributed by atoms with E-state index in [1.165, 1.54) is 24.3 Å². The van der Waals surface area contributed by atoms with Crippen LogP contribution in [0.1, 0.15) is 29.8 Å². The number of Topliss-reactive ketones (excluding diaryl/α,β-unsaturated/α-hetero) is 1. The lowest BCUT2D eigenvalue weighted by Gasteiger charge is -2.08. The molecule has 26 heavy (non-hydrogen) atoms. The van der Waals surface area contributed by atoms with E-state index < -0.39 is 5.97 Å². The number of hydrogen-bond acceptors (Lipinski definition) is 4. The normalized spacial score (nSPS) is 10.5. The molecule has 0 aromatic heterocycles. The third kappa shape index (κ3) is 5.81. The van der Waals surface area contributed by atoms with Crippen LogP contribution >= 0.6 is 0 Å². The largest absolute Gasteiger partial charge is 0.457 e. The maximum Gasteiger partial charge on any atom is 0.310 e. The minimum atomic E-state index is -0.564. The average Bonchev–Trinajstić information content (AvgIpc) is 2.62. The van der Waals surface area contributed by atoms with Crippen molar-refractivity contribution < 1.29 is 23.5 Å². The van der Waals surface area contributed by atoms with Gasteiger partial charge in [-0.25, -0.2) is 4.39 Å². The number of benzene rings is 2. The molecule has 6 heteroatoms. The molecule has 0 unspecified atom stereocenters. The van der Waals surface area contributed by atoms with E-state index in [4.69, 9.17) is 4.74 Å².